The lowest BCUT2D eigenvalue weighted by molar-refractivity contribution is -0.125. The molecule has 0 radical (unpaired) electrons. The Balaban J connectivity index is 2.12. The smallest absolute Gasteiger partial charge is 0.234 e. The molecule has 5 nitrogen and oxygen atoms in total. The van der Waals surface area contributed by atoms with Crippen LogP contribution in [0.4, 0.5) is 0 Å². The van der Waals surface area contributed by atoms with Crippen LogP contribution in [-0.2, 0) is 11.2 Å². The Morgan fingerprint density at radius 3 is 2.82 bits per heavy atom. The summed E-state index contributed by atoms with van der Waals surface area (Å²) in [5.74, 6) is 0.917. The van der Waals surface area contributed by atoms with E-state index in [1.807, 2.05) is 32.9 Å². The highest BCUT2D eigenvalue weighted by Gasteiger charge is 2.23. The van der Waals surface area contributed by atoms with Crippen molar-refractivity contribution < 1.29 is 9.32 Å². The van der Waals surface area contributed by atoms with Crippen molar-refractivity contribution in [2.75, 3.05) is 0 Å². The van der Waals surface area contributed by atoms with Gasteiger partial charge in [0.1, 0.15) is 5.78 Å². The maximum atomic E-state index is 11.8. The molecular weight excluding hydrogens is 218 g/mol. The van der Waals surface area contributed by atoms with Crippen LogP contribution in [0.25, 0.3) is 11.5 Å². The molecule has 0 amide bonds. The average Bonchev–Trinajstić information content (AvgIpc) is 2.83. The molecule has 2 aromatic heterocycles. The second kappa shape index (κ2) is 4.16. The standard InChI is InChI=1S/C12H15N3O2/c1-12(2,3)9(16)7-10-14-11(15-17-10)8-5-4-6-13-8/h4-6,13H,7H2,1-3H3. The normalized spacial score (nSPS) is 11.7. The third-order valence-corrected chi connectivity index (χ3v) is 2.46. The van der Waals surface area contributed by atoms with Gasteiger partial charge in [-0.2, -0.15) is 4.98 Å². The third-order valence-electron chi connectivity index (χ3n) is 2.46. The lowest BCUT2D eigenvalue weighted by Gasteiger charge is -2.14. The van der Waals surface area contributed by atoms with E-state index >= 15 is 0 Å². The van der Waals surface area contributed by atoms with E-state index in [2.05, 4.69) is 15.1 Å². The fourth-order valence-corrected chi connectivity index (χ4v) is 1.31. The van der Waals surface area contributed by atoms with Crippen molar-refractivity contribution in [3.05, 3.63) is 24.2 Å². The van der Waals surface area contributed by atoms with E-state index in [-0.39, 0.29) is 17.6 Å². The maximum absolute atomic E-state index is 11.8. The zero-order chi connectivity index (χ0) is 12.5. The zero-order valence-electron chi connectivity index (χ0n) is 10.2. The van der Waals surface area contributed by atoms with Crippen LogP contribution in [0.3, 0.4) is 0 Å². The molecule has 90 valence electrons. The summed E-state index contributed by atoms with van der Waals surface area (Å²) in [7, 11) is 0. The number of nitrogens with one attached hydrogen (secondary N) is 1. The van der Waals surface area contributed by atoms with Gasteiger partial charge in [-0.3, -0.25) is 4.79 Å². The molecule has 0 bridgehead atoms. The number of carbonyl (C=O) groups excluding carboxylic acids is 1. The Kier molecular flexibility index (Phi) is 2.83. The third kappa shape index (κ3) is 2.61. The quantitative estimate of drug-likeness (QED) is 0.882. The molecule has 0 saturated carbocycles. The van der Waals surface area contributed by atoms with Crippen molar-refractivity contribution in [3.8, 4) is 11.5 Å². The molecule has 0 spiro atoms. The topological polar surface area (TPSA) is 71.8 Å². The van der Waals surface area contributed by atoms with Gasteiger partial charge in [-0.25, -0.2) is 0 Å². The minimum absolute atomic E-state index is 0.0826. The van der Waals surface area contributed by atoms with Gasteiger partial charge >= 0.3 is 0 Å². The summed E-state index contributed by atoms with van der Waals surface area (Å²) >= 11 is 0. The fraction of sp³-hybridized carbons (Fsp3) is 0.417. The number of rotatable bonds is 3. The summed E-state index contributed by atoms with van der Waals surface area (Å²) in [6, 6.07) is 3.70. The van der Waals surface area contributed by atoms with Crippen molar-refractivity contribution in [2.24, 2.45) is 5.41 Å². The molecule has 2 heterocycles. The van der Waals surface area contributed by atoms with Gasteiger partial charge in [-0.1, -0.05) is 25.9 Å². The summed E-state index contributed by atoms with van der Waals surface area (Å²) in [5.41, 5.74) is 0.393. The van der Waals surface area contributed by atoms with E-state index in [1.165, 1.54) is 0 Å². The van der Waals surface area contributed by atoms with Crippen LogP contribution >= 0.6 is 0 Å². The van der Waals surface area contributed by atoms with Gasteiger partial charge in [0.25, 0.3) is 0 Å². The average molecular weight is 233 g/mol. The van der Waals surface area contributed by atoms with Crippen LogP contribution in [-0.4, -0.2) is 20.9 Å². The van der Waals surface area contributed by atoms with Gasteiger partial charge in [0.15, 0.2) is 0 Å². The molecule has 2 rings (SSSR count). The number of hydrogen-bond donors (Lipinski definition) is 1. The second-order valence-electron chi connectivity index (χ2n) is 4.95. The maximum Gasteiger partial charge on any atom is 0.234 e. The van der Waals surface area contributed by atoms with Crippen molar-refractivity contribution >= 4 is 5.78 Å². The van der Waals surface area contributed by atoms with Crippen LogP contribution in [0.2, 0.25) is 0 Å². The molecule has 17 heavy (non-hydrogen) atoms. The number of hydrogen-bond acceptors (Lipinski definition) is 4. The van der Waals surface area contributed by atoms with Gasteiger partial charge in [0.05, 0.1) is 12.1 Å². The first-order valence-corrected chi connectivity index (χ1v) is 5.46. The van der Waals surface area contributed by atoms with E-state index in [9.17, 15) is 4.79 Å². The number of aromatic amines is 1. The van der Waals surface area contributed by atoms with Gasteiger partial charge in [-0.05, 0) is 12.1 Å². The molecule has 2 aromatic rings. The summed E-state index contributed by atoms with van der Waals surface area (Å²) in [5, 5.41) is 3.82. The van der Waals surface area contributed by atoms with E-state index in [4.69, 9.17) is 4.52 Å². The number of Topliss-reactive ketones (excluding diaryl/α,β-unsaturated/α-hetero) is 1. The first-order chi connectivity index (χ1) is 7.97. The first-order valence-electron chi connectivity index (χ1n) is 5.46. The van der Waals surface area contributed by atoms with E-state index in [0.717, 1.165) is 5.69 Å². The lowest BCUT2D eigenvalue weighted by Crippen LogP contribution is -2.22. The van der Waals surface area contributed by atoms with Gasteiger partial charge in [0, 0.05) is 11.6 Å². The number of nitrogens with zero attached hydrogens (tertiary/aromatic N) is 2. The van der Waals surface area contributed by atoms with Gasteiger partial charge in [0.2, 0.25) is 11.7 Å². The van der Waals surface area contributed by atoms with Crippen molar-refractivity contribution in [1.29, 1.82) is 0 Å². The number of carbonyl (C=O) groups is 1. The van der Waals surface area contributed by atoms with Crippen LogP contribution in [0.5, 0.6) is 0 Å². The van der Waals surface area contributed by atoms with Crippen LogP contribution in [0.15, 0.2) is 22.9 Å². The molecule has 0 unspecified atom stereocenters. The molecule has 0 aromatic carbocycles. The van der Waals surface area contributed by atoms with Crippen molar-refractivity contribution in [2.45, 2.75) is 27.2 Å². The Labute approximate surface area is 99.2 Å². The first kappa shape index (κ1) is 11.6. The highest BCUT2D eigenvalue weighted by molar-refractivity contribution is 5.85. The Morgan fingerprint density at radius 1 is 1.47 bits per heavy atom. The number of H-pyrrole nitrogens is 1. The Morgan fingerprint density at radius 2 is 2.24 bits per heavy atom. The minimum Gasteiger partial charge on any atom is -0.359 e. The number of ketones is 1. The SMILES string of the molecule is CC(C)(C)C(=O)Cc1nc(-c2ccc[nH]2)no1. The molecule has 0 aliphatic carbocycles. The van der Waals surface area contributed by atoms with E-state index in [0.29, 0.717) is 11.7 Å². The predicted molar refractivity (Wildman–Crippen MR) is 62.3 cm³/mol. The van der Waals surface area contributed by atoms with E-state index < -0.39 is 0 Å². The summed E-state index contributed by atoms with van der Waals surface area (Å²) < 4.78 is 5.05. The molecule has 1 N–H and O–H groups in total. The van der Waals surface area contributed by atoms with Crippen LogP contribution in [0.1, 0.15) is 26.7 Å². The van der Waals surface area contributed by atoms with Gasteiger partial charge < -0.3 is 9.51 Å². The molecule has 0 aliphatic rings. The minimum atomic E-state index is -0.388. The lowest BCUT2D eigenvalue weighted by atomic mass is 9.89. The van der Waals surface area contributed by atoms with Crippen molar-refractivity contribution in [3.63, 3.8) is 0 Å². The molecule has 0 aliphatic heterocycles. The summed E-state index contributed by atoms with van der Waals surface area (Å²) in [6.45, 7) is 5.62. The van der Waals surface area contributed by atoms with Crippen molar-refractivity contribution in [1.82, 2.24) is 15.1 Å². The second-order valence-corrected chi connectivity index (χ2v) is 4.95. The zero-order valence-corrected chi connectivity index (χ0v) is 10.2. The Bertz CT molecular complexity index is 506. The molecular formula is C12H15N3O2. The predicted octanol–water partition coefficient (Wildman–Crippen LogP) is 2.22. The highest BCUT2D eigenvalue weighted by Crippen LogP contribution is 2.18. The monoisotopic (exact) mass is 233 g/mol. The van der Waals surface area contributed by atoms with Gasteiger partial charge in [-0.15, -0.1) is 0 Å². The largest absolute Gasteiger partial charge is 0.359 e. The number of aromatic nitrogens is 3. The molecule has 0 atom stereocenters. The Hall–Kier alpha value is -1.91. The van der Waals surface area contributed by atoms with Crippen LogP contribution < -0.4 is 0 Å². The molecule has 0 fully saturated rings. The van der Waals surface area contributed by atoms with E-state index in [1.54, 1.807) is 6.20 Å². The summed E-state index contributed by atoms with van der Waals surface area (Å²) in [4.78, 5) is 19.0. The molecule has 0 saturated heterocycles. The summed E-state index contributed by atoms with van der Waals surface area (Å²) in [6.07, 6.45) is 1.96. The fourth-order valence-electron chi connectivity index (χ4n) is 1.31. The van der Waals surface area contributed by atoms with Crippen LogP contribution in [0, 0.1) is 5.41 Å². The molecule has 5 heteroatoms. The highest BCUT2D eigenvalue weighted by atomic mass is 16.5.